The number of hydrogen-bond acceptors (Lipinski definition) is 8. The maximum atomic E-state index is 15.3. The van der Waals surface area contributed by atoms with Crippen LogP contribution in [0.1, 0.15) is 30.4 Å². The highest BCUT2D eigenvalue weighted by molar-refractivity contribution is 7.91. The molecule has 0 bridgehead atoms. The number of carbonyl (C=O) groups excluding carboxylic acids is 1. The highest BCUT2D eigenvalue weighted by atomic mass is 32.2. The van der Waals surface area contributed by atoms with Crippen molar-refractivity contribution in [2.24, 2.45) is 0 Å². The number of nitrogens with zero attached hydrogens (tertiary/aromatic N) is 6. The van der Waals surface area contributed by atoms with E-state index in [-0.39, 0.29) is 48.2 Å². The van der Waals surface area contributed by atoms with E-state index in [9.17, 15) is 22.0 Å². The predicted octanol–water partition coefficient (Wildman–Crippen LogP) is 3.81. The highest BCUT2D eigenvalue weighted by Crippen LogP contribution is 2.27. The molecule has 0 saturated carbocycles. The van der Waals surface area contributed by atoms with Crippen LogP contribution < -0.4 is 4.90 Å². The van der Waals surface area contributed by atoms with E-state index in [1.54, 1.807) is 0 Å². The van der Waals surface area contributed by atoms with Crippen molar-refractivity contribution in [2.75, 3.05) is 62.2 Å². The van der Waals surface area contributed by atoms with Gasteiger partial charge in [0.2, 0.25) is 5.89 Å². The van der Waals surface area contributed by atoms with Gasteiger partial charge in [-0.15, -0.1) is 10.2 Å². The summed E-state index contributed by atoms with van der Waals surface area (Å²) in [6.07, 6.45) is -2.95. The number of urea groups is 1. The lowest BCUT2D eigenvalue weighted by atomic mass is 10.1. The monoisotopic (exact) mass is 606 g/mol. The first-order valence-corrected chi connectivity index (χ1v) is 15.6. The second-order valence-corrected chi connectivity index (χ2v) is 12.7. The van der Waals surface area contributed by atoms with E-state index in [1.807, 2.05) is 24.3 Å². The lowest BCUT2D eigenvalue weighted by Crippen LogP contribution is -2.49. The molecule has 2 amide bonds. The van der Waals surface area contributed by atoms with Crippen LogP contribution in [0.15, 0.2) is 46.9 Å². The van der Waals surface area contributed by atoms with Crippen molar-refractivity contribution in [3.05, 3.63) is 65.3 Å². The van der Waals surface area contributed by atoms with Crippen LogP contribution in [-0.2, 0) is 22.9 Å². The largest absolute Gasteiger partial charge is 0.415 e. The van der Waals surface area contributed by atoms with Crippen LogP contribution >= 0.6 is 0 Å². The van der Waals surface area contributed by atoms with Crippen LogP contribution in [0.5, 0.6) is 0 Å². The quantitative estimate of drug-likeness (QED) is 0.382. The Morgan fingerprint density at radius 2 is 1.64 bits per heavy atom. The molecule has 10 nitrogen and oxygen atoms in total. The number of carbonyl (C=O) groups is 1. The third-order valence-corrected chi connectivity index (χ3v) is 9.28. The van der Waals surface area contributed by atoms with Crippen LogP contribution in [0.3, 0.4) is 0 Å². The van der Waals surface area contributed by atoms with Crippen LogP contribution in [0.25, 0.3) is 11.5 Å². The lowest BCUT2D eigenvalue weighted by Gasteiger charge is -2.34. The molecular formula is C28H33F3N6O4S. The number of aromatic nitrogens is 2. The fourth-order valence-electron chi connectivity index (χ4n) is 5.07. The number of alkyl halides is 2. The van der Waals surface area contributed by atoms with Gasteiger partial charge in [0, 0.05) is 62.6 Å². The number of hydrogen-bond donors (Lipinski definition) is 0. The minimum atomic E-state index is -3.21. The Kier molecular flexibility index (Phi) is 9.13. The SMILES string of the molecule is CCN1CCN(Cc2ccc(N(Cc3ccc(-c4nnc(C(F)F)o4)cc3F)C(=O)N3CCS(=O)(=O)CC3)cc2)CC1. The van der Waals surface area contributed by atoms with Gasteiger partial charge in [0.05, 0.1) is 18.1 Å². The number of sulfone groups is 1. The Balaban J connectivity index is 1.35. The first-order chi connectivity index (χ1) is 20.1. The zero-order valence-electron chi connectivity index (χ0n) is 23.3. The lowest BCUT2D eigenvalue weighted by molar-refractivity contribution is 0.116. The van der Waals surface area contributed by atoms with Crippen LogP contribution in [0.2, 0.25) is 0 Å². The molecule has 42 heavy (non-hydrogen) atoms. The zero-order chi connectivity index (χ0) is 29.9. The van der Waals surface area contributed by atoms with Gasteiger partial charge in [0.25, 0.3) is 5.89 Å². The Morgan fingerprint density at radius 1 is 0.976 bits per heavy atom. The number of amides is 2. The molecule has 226 valence electrons. The summed E-state index contributed by atoms with van der Waals surface area (Å²) in [7, 11) is -3.21. The van der Waals surface area contributed by atoms with Crippen molar-refractivity contribution in [1.29, 1.82) is 0 Å². The zero-order valence-corrected chi connectivity index (χ0v) is 24.1. The highest BCUT2D eigenvalue weighted by Gasteiger charge is 2.30. The Labute approximate surface area is 242 Å². The number of benzene rings is 2. The van der Waals surface area contributed by atoms with Gasteiger partial charge in [-0.2, -0.15) is 8.78 Å². The predicted molar refractivity (Wildman–Crippen MR) is 150 cm³/mol. The molecule has 0 atom stereocenters. The molecule has 0 N–H and O–H groups in total. The summed E-state index contributed by atoms with van der Waals surface area (Å²) in [6.45, 7) is 7.90. The number of rotatable bonds is 8. The smallest absolute Gasteiger partial charge is 0.324 e. The van der Waals surface area contributed by atoms with E-state index >= 15 is 4.39 Å². The number of halogens is 3. The molecule has 5 rings (SSSR count). The maximum absolute atomic E-state index is 15.3. The van der Waals surface area contributed by atoms with E-state index in [4.69, 9.17) is 4.42 Å². The van der Waals surface area contributed by atoms with E-state index in [2.05, 4.69) is 26.9 Å². The fourth-order valence-corrected chi connectivity index (χ4v) is 6.27. The van der Waals surface area contributed by atoms with E-state index in [0.29, 0.717) is 5.69 Å². The van der Waals surface area contributed by atoms with Gasteiger partial charge in [-0.05, 0) is 36.4 Å². The third kappa shape index (κ3) is 7.10. The summed E-state index contributed by atoms with van der Waals surface area (Å²) in [5, 5.41) is 6.83. The standard InChI is InChI=1S/C28H33F3N6O4S/c1-2-34-9-11-35(12-10-34)18-20-3-7-23(8-4-20)37(28(38)36-13-15-42(39,40)16-14-36)19-22-6-5-21(17-24(22)29)26-32-33-27(41-26)25(30)31/h3-8,17,25H,2,9-16,18-19H2,1H3. The van der Waals surface area contributed by atoms with Crippen molar-refractivity contribution in [3.8, 4) is 11.5 Å². The minimum absolute atomic E-state index is 0.0462. The van der Waals surface area contributed by atoms with Crippen LogP contribution in [-0.4, -0.2) is 96.7 Å². The van der Waals surface area contributed by atoms with Gasteiger partial charge in [0.15, 0.2) is 9.84 Å². The molecule has 0 aliphatic carbocycles. The number of piperazine rings is 1. The second kappa shape index (κ2) is 12.8. The average molecular weight is 607 g/mol. The summed E-state index contributed by atoms with van der Waals surface area (Å²) in [4.78, 5) is 21.3. The Hall–Kier alpha value is -3.49. The Morgan fingerprint density at radius 3 is 2.24 bits per heavy atom. The van der Waals surface area contributed by atoms with Crippen molar-refractivity contribution < 1.29 is 30.8 Å². The van der Waals surface area contributed by atoms with Crippen molar-refractivity contribution in [1.82, 2.24) is 24.9 Å². The molecule has 0 unspecified atom stereocenters. The normalized spacial score (nSPS) is 18.0. The summed E-state index contributed by atoms with van der Waals surface area (Å²) >= 11 is 0. The summed E-state index contributed by atoms with van der Waals surface area (Å²) in [6, 6.07) is 11.1. The second-order valence-electron chi connectivity index (χ2n) is 10.4. The topological polar surface area (TPSA) is 103 Å². The van der Waals surface area contributed by atoms with E-state index in [0.717, 1.165) is 50.9 Å². The molecule has 3 aromatic rings. The molecule has 3 heterocycles. The Bertz CT molecular complexity index is 1480. The summed E-state index contributed by atoms with van der Waals surface area (Å²) < 4.78 is 69.8. The molecule has 2 saturated heterocycles. The molecular weight excluding hydrogens is 573 g/mol. The van der Waals surface area contributed by atoms with Crippen LogP contribution in [0.4, 0.5) is 23.7 Å². The fraction of sp³-hybridized carbons (Fsp3) is 0.464. The van der Waals surface area contributed by atoms with Gasteiger partial charge < -0.3 is 14.2 Å². The van der Waals surface area contributed by atoms with Crippen molar-refractivity contribution in [3.63, 3.8) is 0 Å². The van der Waals surface area contributed by atoms with Crippen molar-refractivity contribution in [2.45, 2.75) is 26.4 Å². The van der Waals surface area contributed by atoms with Gasteiger partial charge in [0.1, 0.15) is 5.82 Å². The van der Waals surface area contributed by atoms with E-state index in [1.165, 1.54) is 21.9 Å². The first kappa shape index (κ1) is 30.0. The molecule has 1 aromatic heterocycles. The molecule has 2 aliphatic rings. The van der Waals surface area contributed by atoms with Gasteiger partial charge in [-0.1, -0.05) is 25.1 Å². The first-order valence-electron chi connectivity index (χ1n) is 13.8. The summed E-state index contributed by atoms with van der Waals surface area (Å²) in [5.41, 5.74) is 1.91. The maximum Gasteiger partial charge on any atom is 0.324 e. The summed E-state index contributed by atoms with van der Waals surface area (Å²) in [5.74, 6) is -2.06. The van der Waals surface area contributed by atoms with Gasteiger partial charge in [-0.3, -0.25) is 9.80 Å². The molecule has 2 aromatic carbocycles. The molecule has 0 spiro atoms. The van der Waals surface area contributed by atoms with Gasteiger partial charge >= 0.3 is 12.5 Å². The van der Waals surface area contributed by atoms with Crippen molar-refractivity contribution >= 4 is 21.6 Å². The molecule has 2 fully saturated rings. The van der Waals surface area contributed by atoms with Gasteiger partial charge in [-0.25, -0.2) is 17.6 Å². The molecule has 0 radical (unpaired) electrons. The molecule has 2 aliphatic heterocycles. The average Bonchev–Trinajstić information content (AvgIpc) is 3.48. The minimum Gasteiger partial charge on any atom is -0.415 e. The third-order valence-electron chi connectivity index (χ3n) is 7.67. The number of anilines is 1. The van der Waals surface area contributed by atoms with E-state index < -0.39 is 34.0 Å². The van der Waals surface area contributed by atoms with Crippen LogP contribution in [0, 0.1) is 5.82 Å². The number of likely N-dealkylation sites (N-methyl/N-ethyl adjacent to an activating group) is 1. The molecule has 14 heteroatoms.